The first-order chi connectivity index (χ1) is 8.68. The highest BCUT2D eigenvalue weighted by Gasteiger charge is 2.13. The lowest BCUT2D eigenvalue weighted by Gasteiger charge is -2.28. The summed E-state index contributed by atoms with van der Waals surface area (Å²) < 4.78 is 13.8. The van der Waals surface area contributed by atoms with E-state index in [0.717, 1.165) is 50.4 Å². The summed E-state index contributed by atoms with van der Waals surface area (Å²) >= 11 is 0. The summed E-state index contributed by atoms with van der Waals surface area (Å²) in [4.78, 5) is 4.29. The van der Waals surface area contributed by atoms with E-state index in [4.69, 9.17) is 0 Å². The molecule has 4 heteroatoms. The van der Waals surface area contributed by atoms with Crippen LogP contribution in [0.4, 0.5) is 10.1 Å². The molecule has 0 amide bonds. The van der Waals surface area contributed by atoms with Crippen molar-refractivity contribution in [2.45, 2.75) is 6.42 Å². The van der Waals surface area contributed by atoms with Gasteiger partial charge in [0.2, 0.25) is 0 Å². The third-order valence-corrected chi connectivity index (χ3v) is 3.42. The van der Waals surface area contributed by atoms with Gasteiger partial charge >= 0.3 is 0 Å². The van der Waals surface area contributed by atoms with Gasteiger partial charge < -0.3 is 15.1 Å². The predicted molar refractivity (Wildman–Crippen MR) is 73.7 cm³/mol. The average Bonchev–Trinajstić information content (AvgIpc) is 2.37. The second kappa shape index (κ2) is 6.16. The molecule has 1 aliphatic rings. The predicted octanol–water partition coefficient (Wildman–Crippen LogP) is 1.34. The number of para-hydroxylation sites is 1. The fourth-order valence-corrected chi connectivity index (χ4v) is 2.48. The van der Waals surface area contributed by atoms with E-state index >= 15 is 0 Å². The van der Waals surface area contributed by atoms with Crippen LogP contribution >= 0.6 is 0 Å². The second-order valence-corrected chi connectivity index (χ2v) is 4.98. The zero-order valence-corrected chi connectivity index (χ0v) is 11.2. The fraction of sp³-hybridized carbons (Fsp3) is 0.571. The first kappa shape index (κ1) is 13.3. The van der Waals surface area contributed by atoms with E-state index in [1.54, 1.807) is 6.07 Å². The Morgan fingerprint density at radius 1 is 1.28 bits per heavy atom. The molecular formula is C14H22FN3. The van der Waals surface area contributed by atoms with Gasteiger partial charge in [-0.2, -0.15) is 0 Å². The van der Waals surface area contributed by atoms with Gasteiger partial charge in [0.05, 0.1) is 5.69 Å². The van der Waals surface area contributed by atoms with Crippen molar-refractivity contribution in [2.24, 2.45) is 0 Å². The Morgan fingerprint density at radius 3 is 2.67 bits per heavy atom. The number of nitrogens with zero attached hydrogens (tertiary/aromatic N) is 2. The first-order valence-corrected chi connectivity index (χ1v) is 6.56. The van der Waals surface area contributed by atoms with E-state index < -0.39 is 0 Å². The van der Waals surface area contributed by atoms with Crippen LogP contribution < -0.4 is 10.2 Å². The minimum Gasteiger partial charge on any atom is -0.375 e. The molecular weight excluding hydrogens is 229 g/mol. The van der Waals surface area contributed by atoms with E-state index in [0.29, 0.717) is 0 Å². The maximum Gasteiger partial charge on any atom is 0.146 e. The van der Waals surface area contributed by atoms with Gasteiger partial charge in [-0.1, -0.05) is 12.1 Å². The summed E-state index contributed by atoms with van der Waals surface area (Å²) in [6, 6.07) is 5.36. The quantitative estimate of drug-likeness (QED) is 0.871. The zero-order chi connectivity index (χ0) is 13.0. The van der Waals surface area contributed by atoms with Crippen molar-refractivity contribution in [3.8, 4) is 0 Å². The molecule has 1 fully saturated rings. The van der Waals surface area contributed by atoms with Gasteiger partial charge in [0.15, 0.2) is 0 Å². The van der Waals surface area contributed by atoms with Gasteiger partial charge in [-0.15, -0.1) is 0 Å². The Kier molecular flexibility index (Phi) is 4.55. The SMILES string of the molecule is CN(C)c1c(F)cccc1CCN1CCNCC1. The van der Waals surface area contributed by atoms with Crippen LogP contribution in [0.3, 0.4) is 0 Å². The number of piperazine rings is 1. The number of hydrogen-bond acceptors (Lipinski definition) is 3. The van der Waals surface area contributed by atoms with Crippen LogP contribution in [0.25, 0.3) is 0 Å². The Hall–Kier alpha value is -1.13. The zero-order valence-electron chi connectivity index (χ0n) is 11.2. The highest BCUT2D eigenvalue weighted by Crippen LogP contribution is 2.23. The Bertz CT molecular complexity index is 387. The van der Waals surface area contributed by atoms with Crippen molar-refractivity contribution in [1.29, 1.82) is 0 Å². The van der Waals surface area contributed by atoms with Gasteiger partial charge in [0.25, 0.3) is 0 Å². The van der Waals surface area contributed by atoms with Crippen LogP contribution in [0.15, 0.2) is 18.2 Å². The Labute approximate surface area is 109 Å². The largest absolute Gasteiger partial charge is 0.375 e. The number of hydrogen-bond donors (Lipinski definition) is 1. The molecule has 0 aromatic heterocycles. The third kappa shape index (κ3) is 3.21. The molecule has 2 rings (SSSR count). The van der Waals surface area contributed by atoms with Gasteiger partial charge in [-0.05, 0) is 18.1 Å². The number of benzene rings is 1. The van der Waals surface area contributed by atoms with E-state index in [1.165, 1.54) is 6.07 Å². The molecule has 1 aliphatic heterocycles. The number of halogens is 1. The lowest BCUT2D eigenvalue weighted by atomic mass is 10.1. The van der Waals surface area contributed by atoms with Crippen molar-refractivity contribution in [3.63, 3.8) is 0 Å². The van der Waals surface area contributed by atoms with Crippen LogP contribution in [0.1, 0.15) is 5.56 Å². The van der Waals surface area contributed by atoms with Crippen molar-refractivity contribution >= 4 is 5.69 Å². The molecule has 0 unspecified atom stereocenters. The molecule has 1 saturated heterocycles. The molecule has 18 heavy (non-hydrogen) atoms. The molecule has 0 bridgehead atoms. The van der Waals surface area contributed by atoms with Crippen LogP contribution in [-0.2, 0) is 6.42 Å². The number of anilines is 1. The summed E-state index contributed by atoms with van der Waals surface area (Å²) in [5.74, 6) is -0.127. The first-order valence-electron chi connectivity index (χ1n) is 6.56. The molecule has 100 valence electrons. The summed E-state index contributed by atoms with van der Waals surface area (Å²) in [6.07, 6.45) is 0.908. The fourth-order valence-electron chi connectivity index (χ4n) is 2.48. The van der Waals surface area contributed by atoms with Crippen LogP contribution in [0.2, 0.25) is 0 Å². The lowest BCUT2D eigenvalue weighted by Crippen LogP contribution is -2.44. The van der Waals surface area contributed by atoms with Crippen molar-refractivity contribution in [2.75, 3.05) is 51.7 Å². The summed E-state index contributed by atoms with van der Waals surface area (Å²) in [7, 11) is 3.79. The minimum atomic E-state index is -0.127. The highest BCUT2D eigenvalue weighted by atomic mass is 19.1. The molecule has 3 nitrogen and oxygen atoms in total. The average molecular weight is 251 g/mol. The van der Waals surface area contributed by atoms with Gasteiger partial charge in [0, 0.05) is 46.8 Å². The number of nitrogens with one attached hydrogen (secondary N) is 1. The monoisotopic (exact) mass is 251 g/mol. The van der Waals surface area contributed by atoms with Gasteiger partial charge in [-0.25, -0.2) is 4.39 Å². The molecule has 1 N–H and O–H groups in total. The lowest BCUT2D eigenvalue weighted by molar-refractivity contribution is 0.244. The Balaban J connectivity index is 2.02. The van der Waals surface area contributed by atoms with Crippen LogP contribution in [0.5, 0.6) is 0 Å². The molecule has 0 saturated carbocycles. The van der Waals surface area contributed by atoms with Crippen molar-refractivity contribution in [1.82, 2.24) is 10.2 Å². The molecule has 1 aromatic carbocycles. The normalized spacial score (nSPS) is 16.8. The van der Waals surface area contributed by atoms with Gasteiger partial charge in [-0.3, -0.25) is 0 Å². The van der Waals surface area contributed by atoms with E-state index in [-0.39, 0.29) is 5.82 Å². The molecule has 0 aliphatic carbocycles. The maximum atomic E-state index is 13.8. The Morgan fingerprint density at radius 2 is 2.00 bits per heavy atom. The van der Waals surface area contributed by atoms with Crippen LogP contribution in [-0.4, -0.2) is 51.7 Å². The maximum absolute atomic E-state index is 13.8. The molecule has 0 atom stereocenters. The van der Waals surface area contributed by atoms with Crippen molar-refractivity contribution < 1.29 is 4.39 Å². The molecule has 1 aromatic rings. The van der Waals surface area contributed by atoms with E-state index in [2.05, 4.69) is 10.2 Å². The smallest absolute Gasteiger partial charge is 0.146 e. The van der Waals surface area contributed by atoms with Gasteiger partial charge in [0.1, 0.15) is 5.82 Å². The topological polar surface area (TPSA) is 18.5 Å². The molecule has 0 spiro atoms. The summed E-state index contributed by atoms with van der Waals surface area (Å²) in [5, 5.41) is 3.34. The highest BCUT2D eigenvalue weighted by molar-refractivity contribution is 5.53. The molecule has 1 heterocycles. The number of rotatable bonds is 4. The minimum absolute atomic E-state index is 0.127. The van der Waals surface area contributed by atoms with Crippen LogP contribution in [0, 0.1) is 5.82 Å². The van der Waals surface area contributed by atoms with Crippen molar-refractivity contribution in [3.05, 3.63) is 29.6 Å². The summed E-state index contributed by atoms with van der Waals surface area (Å²) in [6.45, 7) is 5.30. The third-order valence-electron chi connectivity index (χ3n) is 3.42. The van der Waals surface area contributed by atoms with E-state index in [9.17, 15) is 4.39 Å². The van der Waals surface area contributed by atoms with E-state index in [1.807, 2.05) is 25.1 Å². The second-order valence-electron chi connectivity index (χ2n) is 4.98. The standard InChI is InChI=1S/C14H22FN3/c1-17(2)14-12(4-3-5-13(14)15)6-9-18-10-7-16-8-11-18/h3-5,16H,6-11H2,1-2H3. The summed E-state index contributed by atoms with van der Waals surface area (Å²) in [5.41, 5.74) is 1.83. The molecule has 0 radical (unpaired) electrons.